The molecule has 6 nitrogen and oxygen atoms in total. The number of aromatic nitrogens is 2. The molecular weight excluding hydrogens is 1100 g/mol. The van der Waals surface area contributed by atoms with E-state index in [2.05, 4.69) is 322 Å². The summed E-state index contributed by atoms with van der Waals surface area (Å²) >= 11 is 0. The Labute approximate surface area is 518 Å². The number of hydrogen-bond donors (Lipinski definition) is 0. The molecule has 0 aliphatic heterocycles. The van der Waals surface area contributed by atoms with Gasteiger partial charge in [-0.25, -0.2) is 0 Å². The van der Waals surface area contributed by atoms with Gasteiger partial charge in [0.15, 0.2) is 0 Å². The molecule has 14 aromatic carbocycles. The maximum atomic E-state index is 6.20. The van der Waals surface area contributed by atoms with Crippen LogP contribution in [0.25, 0.3) is 132 Å². The Bertz CT molecular complexity index is 5450. The number of anilines is 6. The highest BCUT2D eigenvalue weighted by Gasteiger charge is 2.22. The third-order valence-corrected chi connectivity index (χ3v) is 18.1. The van der Waals surface area contributed by atoms with E-state index in [4.69, 9.17) is 8.83 Å². The van der Waals surface area contributed by atoms with Gasteiger partial charge in [0.25, 0.3) is 0 Å². The van der Waals surface area contributed by atoms with Crippen LogP contribution in [0.15, 0.2) is 336 Å². The van der Waals surface area contributed by atoms with Gasteiger partial charge >= 0.3 is 0 Å². The Hall–Kier alpha value is -12.1. The molecule has 0 spiro atoms. The van der Waals surface area contributed by atoms with E-state index in [1.54, 1.807) is 0 Å². The fraction of sp³-hybridized carbons (Fsp3) is 0. The Balaban J connectivity index is 0.721. The Morgan fingerprint density at radius 2 is 0.478 bits per heavy atom. The minimum atomic E-state index is 0.890. The number of rotatable bonds is 11. The first-order chi connectivity index (χ1) is 44.6. The summed E-state index contributed by atoms with van der Waals surface area (Å²) in [5, 5.41) is 9.28. The zero-order valence-electron chi connectivity index (χ0n) is 48.8. The lowest BCUT2D eigenvalue weighted by Gasteiger charge is -2.27. The second kappa shape index (κ2) is 20.8. The molecule has 6 heteroatoms. The SMILES string of the molecule is c1ccc(-n2c3ccccc3c3cc(N(c4ccc(-c5ccc(N(c6ccc(-c7ccc8oc9ccccc9c8c7)cc6)c6ccc(-c7ccc8oc9ccccc9c8c7)cc6)cc5)cc4)c4ccc5c(c4)c4ccccc4n5-c4ccccc4)ccc32)cc1. The van der Waals surface area contributed by atoms with Gasteiger partial charge in [-0.15, -0.1) is 0 Å². The molecule has 0 bridgehead atoms. The molecule has 0 saturated heterocycles. The largest absolute Gasteiger partial charge is 0.456 e. The Morgan fingerprint density at radius 1 is 0.189 bits per heavy atom. The molecule has 422 valence electrons. The van der Waals surface area contributed by atoms with Crippen molar-refractivity contribution < 1.29 is 8.83 Å². The normalized spacial score (nSPS) is 11.8. The van der Waals surface area contributed by atoms with Gasteiger partial charge in [-0.3, -0.25) is 0 Å². The summed E-state index contributed by atoms with van der Waals surface area (Å²) in [5.74, 6) is 0. The van der Waals surface area contributed by atoms with Crippen molar-refractivity contribution in [1.82, 2.24) is 9.13 Å². The number of para-hydroxylation sites is 6. The van der Waals surface area contributed by atoms with E-state index in [0.29, 0.717) is 0 Å². The molecule has 0 aliphatic rings. The molecule has 0 aliphatic carbocycles. The van der Waals surface area contributed by atoms with Crippen molar-refractivity contribution in [3.63, 3.8) is 0 Å². The fourth-order valence-electron chi connectivity index (χ4n) is 13.8. The average Bonchev–Trinajstić information content (AvgIpc) is 1.78. The van der Waals surface area contributed by atoms with Gasteiger partial charge in [0.2, 0.25) is 0 Å². The average molecular weight is 1150 g/mol. The molecule has 0 fully saturated rings. The van der Waals surface area contributed by atoms with Gasteiger partial charge in [-0.05, 0) is 191 Å². The summed E-state index contributed by atoms with van der Waals surface area (Å²) in [4.78, 5) is 4.76. The van der Waals surface area contributed by atoms with Gasteiger partial charge in [-0.1, -0.05) is 170 Å². The first-order valence-electron chi connectivity index (χ1n) is 30.6. The van der Waals surface area contributed by atoms with E-state index in [9.17, 15) is 0 Å². The molecule has 0 amide bonds. The maximum Gasteiger partial charge on any atom is 0.135 e. The zero-order valence-corrected chi connectivity index (χ0v) is 48.8. The van der Waals surface area contributed by atoms with Crippen molar-refractivity contribution in [1.29, 1.82) is 0 Å². The predicted molar refractivity (Wildman–Crippen MR) is 375 cm³/mol. The molecule has 0 radical (unpaired) electrons. The van der Waals surface area contributed by atoms with E-state index in [1.165, 1.54) is 32.6 Å². The first-order valence-corrected chi connectivity index (χ1v) is 30.6. The lowest BCUT2D eigenvalue weighted by Crippen LogP contribution is -2.10. The smallest absolute Gasteiger partial charge is 0.135 e. The number of fused-ring (bicyclic) bond motifs is 12. The second-order valence-corrected chi connectivity index (χ2v) is 23.3. The number of nitrogens with zero attached hydrogens (tertiary/aromatic N) is 4. The van der Waals surface area contributed by atoms with Gasteiger partial charge < -0.3 is 27.8 Å². The number of benzene rings is 14. The van der Waals surface area contributed by atoms with Crippen LogP contribution in [-0.4, -0.2) is 9.13 Å². The highest BCUT2D eigenvalue weighted by molar-refractivity contribution is 6.13. The van der Waals surface area contributed by atoms with Gasteiger partial charge in [0, 0.05) is 88.6 Å². The van der Waals surface area contributed by atoms with E-state index < -0.39 is 0 Å². The van der Waals surface area contributed by atoms with Gasteiger partial charge in [0.05, 0.1) is 22.1 Å². The van der Waals surface area contributed by atoms with E-state index in [0.717, 1.165) is 134 Å². The van der Waals surface area contributed by atoms with Crippen LogP contribution in [0.3, 0.4) is 0 Å². The summed E-state index contributed by atoms with van der Waals surface area (Å²) in [6.07, 6.45) is 0. The molecule has 90 heavy (non-hydrogen) atoms. The van der Waals surface area contributed by atoms with Crippen molar-refractivity contribution in [2.24, 2.45) is 0 Å². The lowest BCUT2D eigenvalue weighted by molar-refractivity contribution is 0.668. The van der Waals surface area contributed by atoms with Crippen molar-refractivity contribution in [2.75, 3.05) is 9.80 Å². The first kappa shape index (κ1) is 51.1. The number of hydrogen-bond acceptors (Lipinski definition) is 4. The molecule has 0 N–H and O–H groups in total. The molecule has 0 atom stereocenters. The molecule has 4 heterocycles. The molecule has 18 rings (SSSR count). The van der Waals surface area contributed by atoms with Crippen LogP contribution in [0.2, 0.25) is 0 Å². The predicted octanol–water partition coefficient (Wildman–Crippen LogP) is 23.6. The van der Waals surface area contributed by atoms with Crippen LogP contribution in [-0.2, 0) is 0 Å². The van der Waals surface area contributed by atoms with Crippen LogP contribution < -0.4 is 9.80 Å². The highest BCUT2D eigenvalue weighted by atomic mass is 16.3. The summed E-state index contributed by atoms with van der Waals surface area (Å²) in [6.45, 7) is 0. The summed E-state index contributed by atoms with van der Waals surface area (Å²) < 4.78 is 17.2. The summed E-state index contributed by atoms with van der Waals surface area (Å²) in [5.41, 5.74) is 23.7. The third-order valence-electron chi connectivity index (χ3n) is 18.1. The lowest BCUT2D eigenvalue weighted by atomic mass is 10.0. The van der Waals surface area contributed by atoms with Crippen LogP contribution in [0.1, 0.15) is 0 Å². The van der Waals surface area contributed by atoms with Crippen LogP contribution in [0.4, 0.5) is 34.1 Å². The third kappa shape index (κ3) is 8.49. The standard InChI is InChI=1S/C84H54N4O2/c1-3-15-61(16-4-1)87-77-23-11-7-19-69(77)73-53-67(45-47-79(73)87)86(68-46-48-80-74(54-68)70-20-8-12-24-78(70)88(80)62-17-5-2-6-18-62)66-39-29-56(30-40-66)55-27-37-63(38-28-55)85(64-41-31-57(32-42-64)59-35-49-83-75(51-59)71-21-9-13-25-81(71)89-83)65-43-33-58(34-44-65)60-36-50-84-76(52-60)72-22-10-14-26-82(72)90-84/h1-54H. The highest BCUT2D eigenvalue weighted by Crippen LogP contribution is 2.45. The van der Waals surface area contributed by atoms with Gasteiger partial charge in [-0.2, -0.15) is 0 Å². The Morgan fingerprint density at radius 3 is 0.878 bits per heavy atom. The fourth-order valence-corrected chi connectivity index (χ4v) is 13.8. The number of furan rings is 2. The van der Waals surface area contributed by atoms with Crippen molar-refractivity contribution in [2.45, 2.75) is 0 Å². The summed E-state index contributed by atoms with van der Waals surface area (Å²) in [7, 11) is 0. The minimum absolute atomic E-state index is 0.890. The van der Waals surface area contributed by atoms with Crippen molar-refractivity contribution in [3.8, 4) is 44.8 Å². The molecule has 0 unspecified atom stereocenters. The topological polar surface area (TPSA) is 42.6 Å². The van der Waals surface area contributed by atoms with Crippen LogP contribution >= 0.6 is 0 Å². The van der Waals surface area contributed by atoms with Crippen molar-refractivity contribution >= 4 is 122 Å². The minimum Gasteiger partial charge on any atom is -0.456 e. The monoisotopic (exact) mass is 1150 g/mol. The quantitative estimate of drug-likeness (QED) is 0.129. The molecular formula is C84H54N4O2. The molecule has 18 aromatic rings. The zero-order chi connectivity index (χ0) is 59.2. The summed E-state index contributed by atoms with van der Waals surface area (Å²) in [6, 6.07) is 118. The van der Waals surface area contributed by atoms with Crippen LogP contribution in [0, 0.1) is 0 Å². The molecule has 0 saturated carbocycles. The van der Waals surface area contributed by atoms with E-state index in [-0.39, 0.29) is 0 Å². The van der Waals surface area contributed by atoms with Crippen LogP contribution in [0.5, 0.6) is 0 Å². The molecule has 4 aromatic heterocycles. The second-order valence-electron chi connectivity index (χ2n) is 23.3. The van der Waals surface area contributed by atoms with E-state index in [1.807, 2.05) is 24.3 Å². The van der Waals surface area contributed by atoms with Gasteiger partial charge in [0.1, 0.15) is 22.3 Å². The van der Waals surface area contributed by atoms with Crippen molar-refractivity contribution in [3.05, 3.63) is 328 Å². The maximum absolute atomic E-state index is 6.20. The Kier molecular flexibility index (Phi) is 11.8. The van der Waals surface area contributed by atoms with E-state index >= 15 is 0 Å².